The number of rotatable bonds is 3. The van der Waals surface area contributed by atoms with Crippen LogP contribution in [0.3, 0.4) is 0 Å². The summed E-state index contributed by atoms with van der Waals surface area (Å²) in [5.74, 6) is -1.31. The Morgan fingerprint density at radius 3 is 2.59 bits per heavy atom. The average Bonchev–Trinajstić information content (AvgIpc) is 3.00. The van der Waals surface area contributed by atoms with Crippen molar-refractivity contribution >= 4 is 23.2 Å². The van der Waals surface area contributed by atoms with Crippen molar-refractivity contribution in [2.24, 2.45) is 5.92 Å². The lowest BCUT2D eigenvalue weighted by atomic mass is 9.92. The molecule has 6 nitrogen and oxygen atoms in total. The van der Waals surface area contributed by atoms with Crippen molar-refractivity contribution in [2.75, 3.05) is 10.6 Å². The smallest absolute Gasteiger partial charge is 0.237 e. The Bertz CT molecular complexity index is 1020. The molecule has 6 heteroatoms. The van der Waals surface area contributed by atoms with E-state index >= 15 is 0 Å². The fourth-order valence-electron chi connectivity index (χ4n) is 3.26. The molecule has 2 heterocycles. The molecule has 2 N–H and O–H groups in total. The van der Waals surface area contributed by atoms with Crippen LogP contribution in [0.25, 0.3) is 5.69 Å². The molecule has 0 saturated carbocycles. The number of anilines is 2. The number of para-hydroxylation sites is 1. The van der Waals surface area contributed by atoms with Gasteiger partial charge in [0.15, 0.2) is 0 Å². The van der Waals surface area contributed by atoms with Gasteiger partial charge in [0.25, 0.3) is 0 Å². The summed E-state index contributed by atoms with van der Waals surface area (Å²) in [6.07, 6.45) is 2.18. The van der Waals surface area contributed by atoms with Crippen LogP contribution in [0, 0.1) is 19.8 Å². The van der Waals surface area contributed by atoms with E-state index in [9.17, 15) is 9.59 Å². The molecule has 1 atom stereocenters. The molecular formula is C21H20N4O2. The number of hydrogen-bond acceptors (Lipinski definition) is 3. The van der Waals surface area contributed by atoms with E-state index in [2.05, 4.69) is 15.6 Å². The third kappa shape index (κ3) is 3.21. The Labute approximate surface area is 157 Å². The van der Waals surface area contributed by atoms with Gasteiger partial charge in [-0.15, -0.1) is 0 Å². The predicted molar refractivity (Wildman–Crippen MR) is 104 cm³/mol. The summed E-state index contributed by atoms with van der Waals surface area (Å²) in [4.78, 5) is 29.2. The van der Waals surface area contributed by atoms with E-state index in [1.54, 1.807) is 6.33 Å². The quantitative estimate of drug-likeness (QED) is 0.704. The second kappa shape index (κ2) is 6.72. The third-order valence-corrected chi connectivity index (χ3v) is 5.00. The van der Waals surface area contributed by atoms with Gasteiger partial charge < -0.3 is 15.2 Å². The molecule has 2 amide bonds. The molecular weight excluding hydrogens is 340 g/mol. The summed E-state index contributed by atoms with van der Waals surface area (Å²) in [7, 11) is 0. The number of amides is 2. The molecule has 136 valence electrons. The Morgan fingerprint density at radius 1 is 1.15 bits per heavy atom. The Balaban J connectivity index is 1.49. The average molecular weight is 360 g/mol. The highest BCUT2D eigenvalue weighted by Crippen LogP contribution is 2.26. The van der Waals surface area contributed by atoms with Crippen molar-refractivity contribution in [1.82, 2.24) is 9.55 Å². The summed E-state index contributed by atoms with van der Waals surface area (Å²) in [6.45, 7) is 3.98. The first-order chi connectivity index (χ1) is 13.0. The standard InChI is InChI=1S/C21H20N4O2/c1-13-14(2)25(12-22-13)17-9-7-16(8-10-17)23-20(26)18-11-15-5-3-4-6-19(15)24-21(18)27/h3-10,12,18H,11H2,1-2H3,(H,23,26)(H,24,27). The highest BCUT2D eigenvalue weighted by molar-refractivity contribution is 6.12. The van der Waals surface area contributed by atoms with E-state index in [0.717, 1.165) is 28.3 Å². The number of nitrogens with one attached hydrogen (secondary N) is 2. The van der Waals surface area contributed by atoms with Gasteiger partial charge in [-0.25, -0.2) is 4.98 Å². The largest absolute Gasteiger partial charge is 0.325 e. The molecule has 4 rings (SSSR count). The highest BCUT2D eigenvalue weighted by atomic mass is 16.2. The molecule has 1 aliphatic heterocycles. The molecule has 0 spiro atoms. The van der Waals surface area contributed by atoms with Crippen molar-refractivity contribution in [3.63, 3.8) is 0 Å². The maximum absolute atomic E-state index is 12.6. The zero-order valence-corrected chi connectivity index (χ0v) is 15.2. The first kappa shape index (κ1) is 17.0. The summed E-state index contributed by atoms with van der Waals surface area (Å²) >= 11 is 0. The van der Waals surface area contributed by atoms with Crippen LogP contribution >= 0.6 is 0 Å². The molecule has 0 bridgehead atoms. The minimum Gasteiger partial charge on any atom is -0.325 e. The maximum atomic E-state index is 12.6. The first-order valence-electron chi connectivity index (χ1n) is 8.83. The summed E-state index contributed by atoms with van der Waals surface area (Å²) < 4.78 is 1.99. The normalized spacial score (nSPS) is 15.8. The number of carbonyl (C=O) groups is 2. The molecule has 1 aromatic heterocycles. The van der Waals surface area contributed by atoms with Crippen molar-refractivity contribution in [3.05, 3.63) is 71.8 Å². The SMILES string of the molecule is Cc1ncn(-c2ccc(NC(=O)C3Cc4ccccc4NC3=O)cc2)c1C. The van der Waals surface area contributed by atoms with Crippen LogP contribution in [0.15, 0.2) is 54.9 Å². The van der Waals surface area contributed by atoms with Crippen LogP contribution in [0.5, 0.6) is 0 Å². The topological polar surface area (TPSA) is 76.0 Å². The van der Waals surface area contributed by atoms with Gasteiger partial charge in [-0.1, -0.05) is 18.2 Å². The molecule has 1 unspecified atom stereocenters. The third-order valence-electron chi connectivity index (χ3n) is 5.00. The van der Waals surface area contributed by atoms with Gasteiger partial charge in [-0.3, -0.25) is 9.59 Å². The van der Waals surface area contributed by atoms with Crippen molar-refractivity contribution in [3.8, 4) is 5.69 Å². The lowest BCUT2D eigenvalue weighted by Gasteiger charge is -2.23. The predicted octanol–water partition coefficient (Wildman–Crippen LogP) is 3.24. The van der Waals surface area contributed by atoms with Crippen molar-refractivity contribution < 1.29 is 9.59 Å². The van der Waals surface area contributed by atoms with Crippen LogP contribution in [0.4, 0.5) is 11.4 Å². The molecule has 0 radical (unpaired) electrons. The maximum Gasteiger partial charge on any atom is 0.237 e. The van der Waals surface area contributed by atoms with Crippen molar-refractivity contribution in [2.45, 2.75) is 20.3 Å². The Kier molecular flexibility index (Phi) is 4.24. The molecule has 3 aromatic rings. The van der Waals surface area contributed by atoms with Gasteiger partial charge in [-0.2, -0.15) is 0 Å². The lowest BCUT2D eigenvalue weighted by Crippen LogP contribution is -2.38. The zero-order valence-electron chi connectivity index (χ0n) is 15.2. The lowest BCUT2D eigenvalue weighted by molar-refractivity contribution is -0.129. The van der Waals surface area contributed by atoms with E-state index in [0.29, 0.717) is 12.1 Å². The van der Waals surface area contributed by atoms with Crippen LogP contribution in [0.2, 0.25) is 0 Å². The number of carbonyl (C=O) groups excluding carboxylic acids is 2. The number of benzene rings is 2. The zero-order chi connectivity index (χ0) is 19.0. The van der Waals surface area contributed by atoms with E-state index in [-0.39, 0.29) is 11.8 Å². The molecule has 0 aliphatic carbocycles. The summed E-state index contributed by atoms with van der Waals surface area (Å²) in [6, 6.07) is 15.0. The number of fused-ring (bicyclic) bond motifs is 1. The molecule has 27 heavy (non-hydrogen) atoms. The number of aromatic nitrogens is 2. The molecule has 0 saturated heterocycles. The van der Waals surface area contributed by atoms with Crippen LogP contribution in [-0.2, 0) is 16.0 Å². The van der Waals surface area contributed by atoms with E-state index in [4.69, 9.17) is 0 Å². The molecule has 2 aromatic carbocycles. The fraction of sp³-hybridized carbons (Fsp3) is 0.190. The van der Waals surface area contributed by atoms with Gasteiger partial charge in [0.1, 0.15) is 5.92 Å². The molecule has 1 aliphatic rings. The van der Waals surface area contributed by atoms with Gasteiger partial charge in [0, 0.05) is 22.8 Å². The molecule has 0 fully saturated rings. The van der Waals surface area contributed by atoms with E-state index in [1.807, 2.05) is 66.9 Å². The van der Waals surface area contributed by atoms with Crippen molar-refractivity contribution in [1.29, 1.82) is 0 Å². The number of aryl methyl sites for hydroxylation is 1. The van der Waals surface area contributed by atoms with Gasteiger partial charge >= 0.3 is 0 Å². The monoisotopic (exact) mass is 360 g/mol. The van der Waals surface area contributed by atoms with Gasteiger partial charge in [0.05, 0.1) is 12.0 Å². The number of nitrogens with zero attached hydrogens (tertiary/aromatic N) is 2. The fourth-order valence-corrected chi connectivity index (χ4v) is 3.26. The van der Waals surface area contributed by atoms with Gasteiger partial charge in [0.2, 0.25) is 11.8 Å². The first-order valence-corrected chi connectivity index (χ1v) is 8.83. The summed E-state index contributed by atoms with van der Waals surface area (Å²) in [5.41, 5.74) is 5.43. The Morgan fingerprint density at radius 2 is 1.89 bits per heavy atom. The summed E-state index contributed by atoms with van der Waals surface area (Å²) in [5, 5.41) is 5.65. The number of hydrogen-bond donors (Lipinski definition) is 2. The number of imidazole rings is 1. The van der Waals surface area contributed by atoms with Crippen LogP contribution < -0.4 is 10.6 Å². The Hall–Kier alpha value is -3.41. The minimum absolute atomic E-state index is 0.271. The van der Waals surface area contributed by atoms with E-state index < -0.39 is 5.92 Å². The second-order valence-corrected chi connectivity index (χ2v) is 6.72. The van der Waals surface area contributed by atoms with Crippen LogP contribution in [0.1, 0.15) is 17.0 Å². The van der Waals surface area contributed by atoms with E-state index in [1.165, 1.54) is 0 Å². The highest BCUT2D eigenvalue weighted by Gasteiger charge is 2.31. The minimum atomic E-state index is -0.738. The van der Waals surface area contributed by atoms with Crippen LogP contribution in [-0.4, -0.2) is 21.4 Å². The second-order valence-electron chi connectivity index (χ2n) is 6.72. The van der Waals surface area contributed by atoms with Gasteiger partial charge in [-0.05, 0) is 56.2 Å².